The summed E-state index contributed by atoms with van der Waals surface area (Å²) < 4.78 is 0.118. The van der Waals surface area contributed by atoms with Crippen LogP contribution in [0.1, 0.15) is 22.4 Å². The summed E-state index contributed by atoms with van der Waals surface area (Å²) in [6, 6.07) is 8.93. The lowest BCUT2D eigenvalue weighted by molar-refractivity contribution is -0.131. The van der Waals surface area contributed by atoms with Crippen LogP contribution in [0.2, 0.25) is 0 Å². The predicted molar refractivity (Wildman–Crippen MR) is 89.0 cm³/mol. The van der Waals surface area contributed by atoms with Gasteiger partial charge in [0.2, 0.25) is 0 Å². The molecule has 2 aromatic rings. The minimum absolute atomic E-state index is 0.0755. The number of carboxylic acids is 1. The molecule has 2 rings (SSSR count). The summed E-state index contributed by atoms with van der Waals surface area (Å²) in [6.07, 6.45) is 5.72. The number of H-pyrrole nitrogens is 2. The van der Waals surface area contributed by atoms with Crippen LogP contribution < -0.4 is 5.56 Å². The van der Waals surface area contributed by atoms with Gasteiger partial charge in [-0.1, -0.05) is 30.3 Å². The Balaban J connectivity index is 2.47. The van der Waals surface area contributed by atoms with Crippen molar-refractivity contribution in [2.45, 2.75) is 0 Å². The molecule has 0 atom stereocenters. The minimum Gasteiger partial charge on any atom is -0.478 e. The van der Waals surface area contributed by atoms with Crippen molar-refractivity contribution in [3.63, 3.8) is 0 Å². The van der Waals surface area contributed by atoms with E-state index in [4.69, 9.17) is 22.6 Å². The Kier molecular flexibility index (Phi) is 5.02. The standard InChI is InChI=1S/C16H11N3O3S/c17-9-12-13(18-16(23)19-15(12)22)7-5-10-3-1-2-4-11(10)6-8-14(20)21/h1-8H,(H,20,21)(H2,18,19,22,23). The molecule has 0 radical (unpaired) electrons. The molecule has 1 aromatic carbocycles. The molecule has 1 aromatic heterocycles. The number of carboxylic acid groups (broad SMARTS) is 1. The molecule has 3 N–H and O–H groups in total. The van der Waals surface area contributed by atoms with E-state index in [1.54, 1.807) is 36.4 Å². The number of aliphatic carboxylic acids is 1. The number of nitriles is 1. The second kappa shape index (κ2) is 7.15. The Morgan fingerprint density at radius 1 is 1.17 bits per heavy atom. The SMILES string of the molecule is N#Cc1c(C=Cc2ccccc2C=CC(=O)O)[nH]c(=S)[nH]c1=O. The fourth-order valence-corrected chi connectivity index (χ4v) is 2.09. The minimum atomic E-state index is -1.05. The number of hydrogen-bond acceptors (Lipinski definition) is 4. The Morgan fingerprint density at radius 3 is 2.43 bits per heavy atom. The van der Waals surface area contributed by atoms with E-state index in [0.29, 0.717) is 11.3 Å². The first-order chi connectivity index (χ1) is 11.0. The van der Waals surface area contributed by atoms with Crippen LogP contribution in [-0.4, -0.2) is 21.0 Å². The van der Waals surface area contributed by atoms with Gasteiger partial charge in [-0.15, -0.1) is 0 Å². The zero-order valence-electron chi connectivity index (χ0n) is 11.7. The van der Waals surface area contributed by atoms with E-state index in [1.807, 2.05) is 6.07 Å². The first-order valence-corrected chi connectivity index (χ1v) is 6.87. The van der Waals surface area contributed by atoms with Crippen molar-refractivity contribution in [3.8, 4) is 6.07 Å². The molecule has 6 nitrogen and oxygen atoms in total. The summed E-state index contributed by atoms with van der Waals surface area (Å²) in [5.41, 5.74) is 1.07. The lowest BCUT2D eigenvalue weighted by Gasteiger charge is -2.01. The van der Waals surface area contributed by atoms with E-state index in [9.17, 15) is 9.59 Å². The molecule has 0 aliphatic rings. The molecule has 0 saturated carbocycles. The smallest absolute Gasteiger partial charge is 0.328 e. The lowest BCUT2D eigenvalue weighted by atomic mass is 10.1. The van der Waals surface area contributed by atoms with Crippen LogP contribution in [0.4, 0.5) is 0 Å². The zero-order chi connectivity index (χ0) is 16.8. The Hall–Kier alpha value is -3.24. The van der Waals surface area contributed by atoms with Crippen LogP contribution in [0.5, 0.6) is 0 Å². The fourth-order valence-electron chi connectivity index (χ4n) is 1.89. The third-order valence-electron chi connectivity index (χ3n) is 2.91. The predicted octanol–water partition coefficient (Wildman–Crippen LogP) is 2.57. The molecular weight excluding hydrogens is 314 g/mol. The first-order valence-electron chi connectivity index (χ1n) is 6.46. The fraction of sp³-hybridized carbons (Fsp3) is 0. The van der Waals surface area contributed by atoms with E-state index >= 15 is 0 Å². The number of nitrogens with zero attached hydrogens (tertiary/aromatic N) is 1. The van der Waals surface area contributed by atoms with Crippen molar-refractivity contribution in [1.82, 2.24) is 9.97 Å². The summed E-state index contributed by atoms with van der Waals surface area (Å²) in [7, 11) is 0. The largest absolute Gasteiger partial charge is 0.478 e. The van der Waals surface area contributed by atoms with Gasteiger partial charge in [0.05, 0.1) is 5.69 Å². The summed E-state index contributed by atoms with van der Waals surface area (Å²) in [5, 5.41) is 17.8. The average Bonchev–Trinajstić information content (AvgIpc) is 2.51. The summed E-state index contributed by atoms with van der Waals surface area (Å²) >= 11 is 4.89. The first kappa shape index (κ1) is 16.1. The van der Waals surface area contributed by atoms with Crippen LogP contribution in [-0.2, 0) is 4.79 Å². The van der Waals surface area contributed by atoms with Gasteiger partial charge in [0.15, 0.2) is 4.77 Å². The van der Waals surface area contributed by atoms with Crippen LogP contribution in [0, 0.1) is 16.1 Å². The molecule has 0 saturated heterocycles. The van der Waals surface area contributed by atoms with E-state index in [0.717, 1.165) is 11.6 Å². The highest BCUT2D eigenvalue weighted by Gasteiger charge is 2.05. The molecule has 0 aliphatic carbocycles. The van der Waals surface area contributed by atoms with E-state index in [-0.39, 0.29) is 10.3 Å². The number of hydrogen-bond donors (Lipinski definition) is 3. The van der Waals surface area contributed by atoms with Gasteiger partial charge in [-0.2, -0.15) is 5.26 Å². The van der Waals surface area contributed by atoms with Crippen molar-refractivity contribution < 1.29 is 9.90 Å². The van der Waals surface area contributed by atoms with Gasteiger partial charge in [-0.3, -0.25) is 9.78 Å². The quantitative estimate of drug-likeness (QED) is 0.591. The highest BCUT2D eigenvalue weighted by atomic mass is 32.1. The average molecular weight is 325 g/mol. The maximum Gasteiger partial charge on any atom is 0.328 e. The number of rotatable bonds is 4. The second-order valence-corrected chi connectivity index (χ2v) is 4.85. The maximum absolute atomic E-state index is 11.7. The number of benzene rings is 1. The molecule has 0 unspecified atom stereocenters. The van der Waals surface area contributed by atoms with Crippen molar-refractivity contribution in [1.29, 1.82) is 5.26 Å². The number of aromatic amines is 2. The summed E-state index contributed by atoms with van der Waals surface area (Å²) in [6.45, 7) is 0. The monoisotopic (exact) mass is 325 g/mol. The third kappa shape index (κ3) is 4.12. The van der Waals surface area contributed by atoms with Gasteiger partial charge in [-0.05, 0) is 35.5 Å². The van der Waals surface area contributed by atoms with Crippen LogP contribution >= 0.6 is 12.2 Å². The molecule has 7 heteroatoms. The van der Waals surface area contributed by atoms with Gasteiger partial charge in [-0.25, -0.2) is 4.79 Å². The molecule has 1 heterocycles. The molecule has 0 amide bonds. The van der Waals surface area contributed by atoms with Crippen molar-refractivity contribution in [3.05, 3.63) is 67.9 Å². The summed E-state index contributed by atoms with van der Waals surface area (Å²) in [4.78, 5) is 27.4. The highest BCUT2D eigenvalue weighted by molar-refractivity contribution is 7.71. The molecule has 0 aliphatic heterocycles. The van der Waals surface area contributed by atoms with E-state index in [2.05, 4.69) is 9.97 Å². The molecule has 114 valence electrons. The number of nitrogens with one attached hydrogen (secondary N) is 2. The Morgan fingerprint density at radius 2 is 1.83 bits per heavy atom. The van der Waals surface area contributed by atoms with Crippen molar-refractivity contribution >= 4 is 36.4 Å². The van der Waals surface area contributed by atoms with Crippen molar-refractivity contribution in [2.24, 2.45) is 0 Å². The van der Waals surface area contributed by atoms with E-state index in [1.165, 1.54) is 6.08 Å². The molecule has 23 heavy (non-hydrogen) atoms. The van der Waals surface area contributed by atoms with Gasteiger partial charge >= 0.3 is 5.97 Å². The molecule has 0 bridgehead atoms. The molecule has 0 fully saturated rings. The number of aromatic nitrogens is 2. The maximum atomic E-state index is 11.7. The van der Waals surface area contributed by atoms with Gasteiger partial charge in [0.1, 0.15) is 11.6 Å². The zero-order valence-corrected chi connectivity index (χ0v) is 12.6. The number of carbonyl (C=O) groups is 1. The molecular formula is C16H11N3O3S. The third-order valence-corrected chi connectivity index (χ3v) is 3.12. The topological polar surface area (TPSA) is 110 Å². The van der Waals surface area contributed by atoms with Crippen LogP contribution in [0.3, 0.4) is 0 Å². The second-order valence-electron chi connectivity index (χ2n) is 4.44. The Labute approximate surface area is 136 Å². The summed E-state index contributed by atoms with van der Waals surface area (Å²) in [5.74, 6) is -1.05. The molecule has 0 spiro atoms. The van der Waals surface area contributed by atoms with Gasteiger partial charge in [0.25, 0.3) is 5.56 Å². The Bertz CT molecular complexity index is 962. The van der Waals surface area contributed by atoms with Gasteiger partial charge in [0, 0.05) is 6.08 Å². The van der Waals surface area contributed by atoms with Crippen LogP contribution in [0.25, 0.3) is 18.2 Å². The van der Waals surface area contributed by atoms with Crippen molar-refractivity contribution in [2.75, 3.05) is 0 Å². The highest BCUT2D eigenvalue weighted by Crippen LogP contribution is 2.14. The van der Waals surface area contributed by atoms with Gasteiger partial charge < -0.3 is 10.1 Å². The lowest BCUT2D eigenvalue weighted by Crippen LogP contribution is -2.13. The van der Waals surface area contributed by atoms with E-state index < -0.39 is 11.5 Å². The van der Waals surface area contributed by atoms with Crippen LogP contribution in [0.15, 0.2) is 35.1 Å². The normalized spacial score (nSPS) is 10.9.